The standard InChI is InChI=1S/C16H18ClNO/c1-10-6-5-7-11(2)16(10)18-12(3)8-14(13(18)4)15(19)9-17/h5-8H,9H2,1-4H3. The largest absolute Gasteiger partial charge is 0.317 e. The van der Waals surface area contributed by atoms with Crippen LogP contribution in [-0.2, 0) is 0 Å². The molecule has 2 nitrogen and oxygen atoms in total. The summed E-state index contributed by atoms with van der Waals surface area (Å²) in [7, 11) is 0. The zero-order valence-electron chi connectivity index (χ0n) is 11.7. The summed E-state index contributed by atoms with van der Waals surface area (Å²) >= 11 is 5.67. The molecule has 0 fully saturated rings. The molecule has 1 heterocycles. The third-order valence-electron chi connectivity index (χ3n) is 3.52. The Morgan fingerprint density at radius 1 is 1.16 bits per heavy atom. The molecule has 0 unspecified atom stereocenters. The molecule has 0 saturated carbocycles. The average Bonchev–Trinajstić information content (AvgIpc) is 2.65. The number of ketones is 1. The van der Waals surface area contributed by atoms with Crippen molar-refractivity contribution in [3.05, 3.63) is 52.3 Å². The predicted molar refractivity (Wildman–Crippen MR) is 79.8 cm³/mol. The molecule has 0 saturated heterocycles. The number of Topliss-reactive ketones (excluding diaryl/α,β-unsaturated/α-hetero) is 1. The van der Waals surface area contributed by atoms with Crippen molar-refractivity contribution in [2.75, 3.05) is 5.88 Å². The van der Waals surface area contributed by atoms with E-state index in [0.29, 0.717) is 0 Å². The topological polar surface area (TPSA) is 22.0 Å². The zero-order valence-corrected chi connectivity index (χ0v) is 12.5. The molecule has 0 amide bonds. The van der Waals surface area contributed by atoms with Crippen molar-refractivity contribution < 1.29 is 4.79 Å². The van der Waals surface area contributed by atoms with Gasteiger partial charge in [-0.25, -0.2) is 0 Å². The van der Waals surface area contributed by atoms with Gasteiger partial charge in [-0.15, -0.1) is 11.6 Å². The molecule has 2 aromatic rings. The molecule has 1 aromatic carbocycles. The van der Waals surface area contributed by atoms with Crippen LogP contribution in [0.1, 0.15) is 32.9 Å². The van der Waals surface area contributed by atoms with Gasteiger partial charge in [0.15, 0.2) is 5.78 Å². The summed E-state index contributed by atoms with van der Waals surface area (Å²) in [6.07, 6.45) is 0. The van der Waals surface area contributed by atoms with Crippen LogP contribution in [-0.4, -0.2) is 16.2 Å². The van der Waals surface area contributed by atoms with Gasteiger partial charge < -0.3 is 4.57 Å². The van der Waals surface area contributed by atoms with Crippen molar-refractivity contribution in [2.24, 2.45) is 0 Å². The van der Waals surface area contributed by atoms with Gasteiger partial charge in [-0.2, -0.15) is 0 Å². The fraction of sp³-hybridized carbons (Fsp3) is 0.312. The van der Waals surface area contributed by atoms with Gasteiger partial charge in [-0.3, -0.25) is 4.79 Å². The highest BCUT2D eigenvalue weighted by Crippen LogP contribution is 2.26. The Labute approximate surface area is 119 Å². The van der Waals surface area contributed by atoms with E-state index in [4.69, 9.17) is 11.6 Å². The lowest BCUT2D eigenvalue weighted by atomic mass is 10.1. The highest BCUT2D eigenvalue weighted by Gasteiger charge is 2.17. The second kappa shape index (κ2) is 5.22. The van der Waals surface area contributed by atoms with Crippen molar-refractivity contribution in [2.45, 2.75) is 27.7 Å². The van der Waals surface area contributed by atoms with Gasteiger partial charge in [0.2, 0.25) is 0 Å². The second-order valence-corrected chi connectivity index (χ2v) is 5.18. The number of carbonyl (C=O) groups excluding carboxylic acids is 1. The fourth-order valence-corrected chi connectivity index (χ4v) is 2.76. The molecule has 2 rings (SSSR count). The van der Waals surface area contributed by atoms with Crippen molar-refractivity contribution in [3.8, 4) is 5.69 Å². The van der Waals surface area contributed by atoms with Gasteiger partial charge in [0, 0.05) is 17.0 Å². The molecule has 0 aliphatic carbocycles. The van der Waals surface area contributed by atoms with Gasteiger partial charge in [-0.05, 0) is 44.9 Å². The Bertz CT molecular complexity index is 620. The van der Waals surface area contributed by atoms with Crippen LogP contribution in [0.25, 0.3) is 5.69 Å². The minimum absolute atomic E-state index is 0.0211. The third kappa shape index (κ3) is 2.33. The highest BCUT2D eigenvalue weighted by atomic mass is 35.5. The Morgan fingerprint density at radius 3 is 2.26 bits per heavy atom. The molecule has 0 bridgehead atoms. The maximum Gasteiger partial charge on any atom is 0.179 e. The van der Waals surface area contributed by atoms with Crippen molar-refractivity contribution in [1.82, 2.24) is 4.57 Å². The minimum Gasteiger partial charge on any atom is -0.317 e. The fourth-order valence-electron chi connectivity index (χ4n) is 2.62. The Morgan fingerprint density at radius 2 is 1.74 bits per heavy atom. The van der Waals surface area contributed by atoms with Crippen LogP contribution in [0.4, 0.5) is 0 Å². The van der Waals surface area contributed by atoms with Crippen LogP contribution in [0.5, 0.6) is 0 Å². The van der Waals surface area contributed by atoms with E-state index >= 15 is 0 Å². The number of benzene rings is 1. The normalized spacial score (nSPS) is 10.8. The number of halogens is 1. The lowest BCUT2D eigenvalue weighted by Crippen LogP contribution is -2.06. The molecule has 3 heteroatoms. The number of para-hydroxylation sites is 1. The van der Waals surface area contributed by atoms with Crippen LogP contribution in [0.2, 0.25) is 0 Å². The van der Waals surface area contributed by atoms with Crippen molar-refractivity contribution in [3.63, 3.8) is 0 Å². The van der Waals surface area contributed by atoms with E-state index in [0.717, 1.165) is 22.6 Å². The zero-order chi connectivity index (χ0) is 14.2. The first kappa shape index (κ1) is 13.9. The highest BCUT2D eigenvalue weighted by molar-refractivity contribution is 6.30. The van der Waals surface area contributed by atoms with Crippen molar-refractivity contribution >= 4 is 17.4 Å². The number of hydrogen-bond donors (Lipinski definition) is 0. The predicted octanol–water partition coefficient (Wildman–Crippen LogP) is 4.13. The van der Waals surface area contributed by atoms with Crippen molar-refractivity contribution in [1.29, 1.82) is 0 Å². The summed E-state index contributed by atoms with van der Waals surface area (Å²) < 4.78 is 2.14. The molecule has 19 heavy (non-hydrogen) atoms. The minimum atomic E-state index is -0.0211. The van der Waals surface area contributed by atoms with Gasteiger partial charge >= 0.3 is 0 Å². The quantitative estimate of drug-likeness (QED) is 0.610. The molecule has 1 aromatic heterocycles. The number of carbonyl (C=O) groups is 1. The Balaban J connectivity index is 2.70. The van der Waals surface area contributed by atoms with Crippen LogP contribution in [0, 0.1) is 27.7 Å². The monoisotopic (exact) mass is 275 g/mol. The Kier molecular flexibility index (Phi) is 3.81. The van der Waals surface area contributed by atoms with Gasteiger partial charge in [0.25, 0.3) is 0 Å². The lowest BCUT2D eigenvalue weighted by molar-refractivity contribution is 0.102. The summed E-state index contributed by atoms with van der Waals surface area (Å²) in [5.74, 6) is 0.00379. The Hall–Kier alpha value is -1.54. The van der Waals surface area contributed by atoms with E-state index in [1.54, 1.807) is 0 Å². The summed E-state index contributed by atoms with van der Waals surface area (Å²) in [6.45, 7) is 8.16. The molecular weight excluding hydrogens is 258 g/mol. The molecule has 100 valence electrons. The first-order chi connectivity index (χ1) is 8.97. The number of alkyl halides is 1. The van der Waals surface area contributed by atoms with Crippen LogP contribution >= 0.6 is 11.6 Å². The molecule has 0 atom stereocenters. The van der Waals surface area contributed by atoms with E-state index in [2.05, 4.69) is 30.5 Å². The summed E-state index contributed by atoms with van der Waals surface area (Å²) in [5.41, 5.74) is 6.29. The van der Waals surface area contributed by atoms with Gasteiger partial charge in [0.1, 0.15) is 0 Å². The molecule has 0 N–H and O–H groups in total. The molecule has 0 aliphatic heterocycles. The van der Waals surface area contributed by atoms with Crippen LogP contribution < -0.4 is 0 Å². The maximum atomic E-state index is 11.9. The summed E-state index contributed by atoms with van der Waals surface area (Å²) in [4.78, 5) is 11.9. The first-order valence-corrected chi connectivity index (χ1v) is 6.85. The van der Waals surface area contributed by atoms with E-state index in [9.17, 15) is 4.79 Å². The van der Waals surface area contributed by atoms with E-state index in [1.807, 2.05) is 26.0 Å². The molecule has 0 aliphatic rings. The SMILES string of the molecule is Cc1cccc(C)c1-n1c(C)cc(C(=O)CCl)c1C. The molecule has 0 radical (unpaired) electrons. The van der Waals surface area contributed by atoms with E-state index in [1.165, 1.54) is 11.1 Å². The number of nitrogens with zero attached hydrogens (tertiary/aromatic N) is 1. The smallest absolute Gasteiger partial charge is 0.179 e. The maximum absolute atomic E-state index is 11.9. The van der Waals surface area contributed by atoms with Gasteiger partial charge in [-0.1, -0.05) is 18.2 Å². The van der Waals surface area contributed by atoms with E-state index in [-0.39, 0.29) is 11.7 Å². The van der Waals surface area contributed by atoms with Gasteiger partial charge in [0.05, 0.1) is 11.6 Å². The van der Waals surface area contributed by atoms with E-state index < -0.39 is 0 Å². The van der Waals surface area contributed by atoms with Crippen LogP contribution in [0.3, 0.4) is 0 Å². The third-order valence-corrected chi connectivity index (χ3v) is 3.76. The first-order valence-electron chi connectivity index (χ1n) is 6.32. The molecule has 0 spiro atoms. The number of rotatable bonds is 3. The summed E-state index contributed by atoms with van der Waals surface area (Å²) in [5, 5.41) is 0. The lowest BCUT2D eigenvalue weighted by Gasteiger charge is -2.15. The second-order valence-electron chi connectivity index (χ2n) is 4.92. The summed E-state index contributed by atoms with van der Waals surface area (Å²) in [6, 6.07) is 8.15. The number of aromatic nitrogens is 1. The average molecular weight is 276 g/mol. The number of aryl methyl sites for hydroxylation is 3. The number of hydrogen-bond acceptors (Lipinski definition) is 1. The van der Waals surface area contributed by atoms with Crippen LogP contribution in [0.15, 0.2) is 24.3 Å². The molecular formula is C16H18ClNO.